The fraction of sp³-hybridized carbons (Fsp3) is 0.522. The molecule has 3 unspecified atom stereocenters. The second-order valence-electron chi connectivity index (χ2n) is 9.14. The second-order valence-corrected chi connectivity index (χ2v) is 9.14. The van der Waals surface area contributed by atoms with Gasteiger partial charge in [0.25, 0.3) is 0 Å². The second kappa shape index (κ2) is 5.80. The standard InChI is InChI=1S/C23H22O7/c1-7-4-12-10-5-11-18(22(27)17(10)15(7)8(2)28-12)21(26)16-9(3)29-13-6-14(24)30-23(13)19(16)20(11)25/h5,7-9,12-13,15,23,27H,4,6H2,1-3H3/t7-,8+,9-,12?,13-,15?,23?/m0/s1. The van der Waals surface area contributed by atoms with Gasteiger partial charge in [-0.1, -0.05) is 6.92 Å². The number of Topliss-reactive ketones (excluding diaryl/α,β-unsaturated/α-hetero) is 2. The summed E-state index contributed by atoms with van der Waals surface area (Å²) in [6.45, 7) is 5.80. The first-order valence-corrected chi connectivity index (χ1v) is 10.5. The van der Waals surface area contributed by atoms with E-state index < -0.39 is 30.1 Å². The number of hydrogen-bond donors (Lipinski definition) is 1. The van der Waals surface area contributed by atoms with Crippen LogP contribution < -0.4 is 0 Å². The van der Waals surface area contributed by atoms with Crippen LogP contribution in [0, 0.1) is 5.92 Å². The molecule has 4 aliphatic heterocycles. The number of rotatable bonds is 0. The van der Waals surface area contributed by atoms with Gasteiger partial charge < -0.3 is 19.3 Å². The van der Waals surface area contributed by atoms with E-state index >= 15 is 0 Å². The van der Waals surface area contributed by atoms with Gasteiger partial charge in [0, 0.05) is 22.6 Å². The summed E-state index contributed by atoms with van der Waals surface area (Å²) in [5.74, 6) is -1.08. The van der Waals surface area contributed by atoms with Gasteiger partial charge in [-0.15, -0.1) is 0 Å². The van der Waals surface area contributed by atoms with Crippen molar-refractivity contribution in [3.8, 4) is 5.75 Å². The smallest absolute Gasteiger partial charge is 0.309 e. The minimum absolute atomic E-state index is 0.0335. The lowest BCUT2D eigenvalue weighted by molar-refractivity contribution is -0.140. The molecule has 2 aliphatic carbocycles. The minimum Gasteiger partial charge on any atom is -0.507 e. The lowest BCUT2D eigenvalue weighted by Crippen LogP contribution is -2.45. The first kappa shape index (κ1) is 18.3. The number of benzene rings is 1. The van der Waals surface area contributed by atoms with E-state index in [-0.39, 0.29) is 58.4 Å². The van der Waals surface area contributed by atoms with Crippen molar-refractivity contribution in [1.82, 2.24) is 0 Å². The lowest BCUT2D eigenvalue weighted by Gasteiger charge is -2.47. The molecule has 4 heterocycles. The van der Waals surface area contributed by atoms with Crippen molar-refractivity contribution in [3.05, 3.63) is 39.5 Å². The Morgan fingerprint density at radius 1 is 1.03 bits per heavy atom. The zero-order valence-electron chi connectivity index (χ0n) is 16.9. The van der Waals surface area contributed by atoms with Crippen molar-refractivity contribution in [2.24, 2.45) is 5.92 Å². The van der Waals surface area contributed by atoms with E-state index in [1.54, 1.807) is 13.0 Å². The summed E-state index contributed by atoms with van der Waals surface area (Å²) >= 11 is 0. The highest BCUT2D eigenvalue weighted by Gasteiger charge is 2.53. The number of carbonyl (C=O) groups is 3. The summed E-state index contributed by atoms with van der Waals surface area (Å²) in [5.41, 5.74) is 2.13. The Labute approximate surface area is 173 Å². The Morgan fingerprint density at radius 2 is 1.80 bits per heavy atom. The first-order chi connectivity index (χ1) is 14.3. The molecule has 1 N–H and O–H groups in total. The van der Waals surface area contributed by atoms with E-state index in [0.717, 1.165) is 17.5 Å². The van der Waals surface area contributed by atoms with Crippen molar-refractivity contribution >= 4 is 17.5 Å². The Morgan fingerprint density at radius 3 is 2.53 bits per heavy atom. The van der Waals surface area contributed by atoms with E-state index in [4.69, 9.17) is 14.2 Å². The maximum absolute atomic E-state index is 13.6. The molecular weight excluding hydrogens is 388 g/mol. The van der Waals surface area contributed by atoms with Gasteiger partial charge in [-0.2, -0.15) is 0 Å². The van der Waals surface area contributed by atoms with Crippen LogP contribution in [0.1, 0.15) is 77.5 Å². The van der Waals surface area contributed by atoms with Crippen LogP contribution in [0.4, 0.5) is 0 Å². The summed E-state index contributed by atoms with van der Waals surface area (Å²) in [7, 11) is 0. The van der Waals surface area contributed by atoms with E-state index in [1.165, 1.54) is 0 Å². The number of fused-ring (bicyclic) bond motifs is 5. The molecule has 2 fully saturated rings. The van der Waals surface area contributed by atoms with Gasteiger partial charge in [-0.3, -0.25) is 14.4 Å². The third-order valence-corrected chi connectivity index (χ3v) is 7.42. The van der Waals surface area contributed by atoms with E-state index in [0.29, 0.717) is 5.92 Å². The van der Waals surface area contributed by atoms with Gasteiger partial charge in [-0.05, 0) is 37.8 Å². The molecule has 1 aromatic rings. The average Bonchev–Trinajstić information content (AvgIpc) is 3.04. The molecule has 7 nitrogen and oxygen atoms in total. The fourth-order valence-electron chi connectivity index (χ4n) is 6.24. The highest BCUT2D eigenvalue weighted by molar-refractivity contribution is 6.29. The number of phenols is 1. The third-order valence-electron chi connectivity index (χ3n) is 7.42. The van der Waals surface area contributed by atoms with Gasteiger partial charge in [0.15, 0.2) is 17.7 Å². The zero-order valence-corrected chi connectivity index (χ0v) is 16.9. The maximum Gasteiger partial charge on any atom is 0.309 e. The molecule has 1 aromatic carbocycles. The molecule has 30 heavy (non-hydrogen) atoms. The van der Waals surface area contributed by atoms with E-state index in [1.807, 2.05) is 6.92 Å². The SMILES string of the molecule is C[C@@H]1O[C@H]2CC(=O)OC2C2=C1C(=O)c1c(cc3c(c1O)C1[C@@H](C)CC3O[C@@H]1C)C2=O. The summed E-state index contributed by atoms with van der Waals surface area (Å²) in [4.78, 5) is 38.9. The molecule has 2 bridgehead atoms. The van der Waals surface area contributed by atoms with Gasteiger partial charge in [0.2, 0.25) is 0 Å². The van der Waals surface area contributed by atoms with Crippen molar-refractivity contribution in [2.45, 2.75) is 70.1 Å². The number of esters is 1. The van der Waals surface area contributed by atoms with Crippen molar-refractivity contribution in [2.75, 3.05) is 0 Å². The molecule has 2 saturated heterocycles. The fourth-order valence-corrected chi connectivity index (χ4v) is 6.24. The summed E-state index contributed by atoms with van der Waals surface area (Å²) in [6, 6.07) is 1.72. The van der Waals surface area contributed by atoms with Crippen molar-refractivity contribution in [3.63, 3.8) is 0 Å². The molecular formula is C23H22O7. The van der Waals surface area contributed by atoms with Crippen LogP contribution in [0.25, 0.3) is 0 Å². The Balaban J connectivity index is 1.57. The van der Waals surface area contributed by atoms with Gasteiger partial charge in [-0.25, -0.2) is 0 Å². The van der Waals surface area contributed by atoms with Crippen LogP contribution in [0.15, 0.2) is 17.2 Å². The number of hydrogen-bond acceptors (Lipinski definition) is 7. The summed E-state index contributed by atoms with van der Waals surface area (Å²) in [5, 5.41) is 11.3. The van der Waals surface area contributed by atoms with Crippen LogP contribution in [0.3, 0.4) is 0 Å². The molecule has 156 valence electrons. The largest absolute Gasteiger partial charge is 0.507 e. The third kappa shape index (κ3) is 2.09. The van der Waals surface area contributed by atoms with Gasteiger partial charge in [0.1, 0.15) is 11.9 Å². The molecule has 0 saturated carbocycles. The first-order valence-electron chi connectivity index (χ1n) is 10.5. The molecule has 7 heteroatoms. The van der Waals surface area contributed by atoms with Crippen molar-refractivity contribution < 1.29 is 33.7 Å². The summed E-state index contributed by atoms with van der Waals surface area (Å²) < 4.78 is 17.3. The molecule has 0 radical (unpaired) electrons. The van der Waals surface area contributed by atoms with Crippen LogP contribution in [-0.2, 0) is 19.0 Å². The quantitative estimate of drug-likeness (QED) is 0.657. The van der Waals surface area contributed by atoms with Crippen LogP contribution in [0.2, 0.25) is 0 Å². The lowest BCUT2D eigenvalue weighted by atomic mass is 9.66. The average molecular weight is 410 g/mol. The zero-order chi connectivity index (χ0) is 21.1. The number of ketones is 2. The minimum atomic E-state index is -0.876. The molecule has 7 rings (SSSR count). The van der Waals surface area contributed by atoms with Crippen LogP contribution in [0.5, 0.6) is 5.75 Å². The maximum atomic E-state index is 13.6. The Hall–Kier alpha value is -2.51. The predicted octanol–water partition coefficient (Wildman–Crippen LogP) is 2.75. The summed E-state index contributed by atoms with van der Waals surface area (Å²) in [6.07, 6.45) is -1.53. The molecule has 0 aromatic heterocycles. The normalized spacial score (nSPS) is 38.8. The molecule has 0 amide bonds. The van der Waals surface area contributed by atoms with Crippen LogP contribution in [-0.4, -0.2) is 47.1 Å². The molecule has 7 atom stereocenters. The number of ether oxygens (including phenoxy) is 3. The van der Waals surface area contributed by atoms with Crippen molar-refractivity contribution in [1.29, 1.82) is 0 Å². The predicted molar refractivity (Wildman–Crippen MR) is 102 cm³/mol. The molecule has 0 spiro atoms. The number of phenolic OH excluding ortho intramolecular Hbond substituents is 1. The van der Waals surface area contributed by atoms with Gasteiger partial charge in [0.05, 0.1) is 35.9 Å². The highest BCUT2D eigenvalue weighted by Crippen LogP contribution is 2.56. The monoisotopic (exact) mass is 410 g/mol. The van der Waals surface area contributed by atoms with E-state index in [9.17, 15) is 19.5 Å². The van der Waals surface area contributed by atoms with E-state index in [2.05, 4.69) is 6.92 Å². The van der Waals surface area contributed by atoms with Gasteiger partial charge >= 0.3 is 5.97 Å². The topological polar surface area (TPSA) is 99.1 Å². The highest BCUT2D eigenvalue weighted by atomic mass is 16.6. The molecule has 6 aliphatic rings. The van der Waals surface area contributed by atoms with Crippen LogP contribution >= 0.6 is 0 Å². The Kier molecular flexibility index (Phi) is 3.53. The number of aromatic hydroxyl groups is 1. The number of carbonyl (C=O) groups excluding carboxylic acids is 3. The Bertz CT molecular complexity index is 1070.